The minimum atomic E-state index is -1.03. The minimum absolute atomic E-state index is 0.0358. The fraction of sp³-hybridized carbons (Fsp3) is 0.471. The van der Waals surface area contributed by atoms with Gasteiger partial charge in [-0.25, -0.2) is 0 Å². The average molecular weight is 287 g/mol. The number of carbonyl (C=O) groups is 1. The van der Waals surface area contributed by atoms with Gasteiger partial charge in [-0.15, -0.1) is 0 Å². The summed E-state index contributed by atoms with van der Waals surface area (Å²) >= 11 is 0. The van der Waals surface area contributed by atoms with Crippen LogP contribution >= 0.6 is 0 Å². The average Bonchev–Trinajstić information content (AvgIpc) is 2.54. The van der Waals surface area contributed by atoms with Crippen molar-refractivity contribution in [2.75, 3.05) is 13.2 Å². The number of rotatable bonds is 3. The molecule has 1 aromatic rings. The first-order valence-corrected chi connectivity index (χ1v) is 7.56. The van der Waals surface area contributed by atoms with Gasteiger partial charge in [-0.2, -0.15) is 0 Å². The molecule has 0 spiro atoms. The summed E-state index contributed by atoms with van der Waals surface area (Å²) in [6.07, 6.45) is 7.32. The first kappa shape index (κ1) is 14.1. The van der Waals surface area contributed by atoms with Gasteiger partial charge in [0.1, 0.15) is 11.4 Å². The normalized spacial score (nSPS) is 27.6. The zero-order valence-corrected chi connectivity index (χ0v) is 12.0. The van der Waals surface area contributed by atoms with Crippen LogP contribution < -0.4 is 10.1 Å². The molecular formula is C17H21NO3. The Labute approximate surface area is 124 Å². The zero-order chi connectivity index (χ0) is 14.7. The van der Waals surface area contributed by atoms with Crippen LogP contribution in [0.25, 0.3) is 0 Å². The van der Waals surface area contributed by atoms with Crippen LogP contribution in [-0.2, 0) is 10.4 Å². The van der Waals surface area contributed by atoms with Gasteiger partial charge in [-0.05, 0) is 25.3 Å². The Kier molecular flexibility index (Phi) is 3.97. The van der Waals surface area contributed by atoms with Gasteiger partial charge in [-0.3, -0.25) is 4.79 Å². The summed E-state index contributed by atoms with van der Waals surface area (Å²) < 4.78 is 5.56. The lowest BCUT2D eigenvalue weighted by molar-refractivity contribution is -0.127. The van der Waals surface area contributed by atoms with Gasteiger partial charge >= 0.3 is 0 Å². The number of nitrogens with one attached hydrogen (secondary N) is 1. The zero-order valence-electron chi connectivity index (χ0n) is 12.0. The van der Waals surface area contributed by atoms with Crippen molar-refractivity contribution in [2.45, 2.75) is 31.3 Å². The van der Waals surface area contributed by atoms with Crippen molar-refractivity contribution in [1.29, 1.82) is 0 Å². The van der Waals surface area contributed by atoms with Crippen LogP contribution in [-0.4, -0.2) is 24.2 Å². The number of amides is 1. The smallest absolute Gasteiger partial charge is 0.223 e. The van der Waals surface area contributed by atoms with Gasteiger partial charge in [-0.1, -0.05) is 30.4 Å². The van der Waals surface area contributed by atoms with Crippen molar-refractivity contribution in [3.8, 4) is 5.75 Å². The second-order valence-corrected chi connectivity index (χ2v) is 5.83. The number of aliphatic hydroxyl groups is 1. The lowest BCUT2D eigenvalue weighted by atomic mass is 9.87. The summed E-state index contributed by atoms with van der Waals surface area (Å²) in [6, 6.07) is 7.49. The van der Waals surface area contributed by atoms with Crippen molar-refractivity contribution in [1.82, 2.24) is 5.32 Å². The second-order valence-electron chi connectivity index (χ2n) is 5.83. The van der Waals surface area contributed by atoms with Gasteiger partial charge in [0.2, 0.25) is 5.91 Å². The first-order valence-electron chi connectivity index (χ1n) is 7.56. The third-order valence-corrected chi connectivity index (χ3v) is 4.36. The van der Waals surface area contributed by atoms with Crippen LogP contribution in [0.3, 0.4) is 0 Å². The maximum Gasteiger partial charge on any atom is 0.223 e. The molecule has 0 bridgehead atoms. The Bertz CT molecular complexity index is 555. The topological polar surface area (TPSA) is 58.6 Å². The Balaban J connectivity index is 1.67. The molecule has 4 nitrogen and oxygen atoms in total. The molecular weight excluding hydrogens is 266 g/mol. The highest BCUT2D eigenvalue weighted by Crippen LogP contribution is 2.36. The summed E-state index contributed by atoms with van der Waals surface area (Å²) in [4.78, 5) is 12.2. The Hall–Kier alpha value is -1.81. The molecule has 0 saturated heterocycles. The van der Waals surface area contributed by atoms with Crippen molar-refractivity contribution in [3.05, 3.63) is 42.0 Å². The first-order chi connectivity index (χ1) is 10.2. The van der Waals surface area contributed by atoms with E-state index in [-0.39, 0.29) is 18.4 Å². The molecule has 21 heavy (non-hydrogen) atoms. The SMILES string of the molecule is O=C(NC[C@@]1(O)CCOc2ccccc21)[C@H]1CC=CCC1. The van der Waals surface area contributed by atoms with Crippen LogP contribution in [0, 0.1) is 5.92 Å². The van der Waals surface area contributed by atoms with Gasteiger partial charge < -0.3 is 15.2 Å². The molecule has 0 aromatic heterocycles. The number of hydrogen-bond acceptors (Lipinski definition) is 3. The molecule has 0 saturated carbocycles. The Morgan fingerprint density at radius 2 is 2.24 bits per heavy atom. The standard InChI is InChI=1S/C17H21NO3/c19-16(13-6-2-1-3-7-13)18-12-17(20)10-11-21-15-9-5-4-8-14(15)17/h1-2,4-5,8-9,13,20H,3,6-7,10-12H2,(H,18,19)/t13-,17-/m0/s1. The van der Waals surface area contributed by atoms with Crippen LogP contribution in [0.1, 0.15) is 31.2 Å². The van der Waals surface area contributed by atoms with E-state index in [9.17, 15) is 9.90 Å². The molecule has 4 heteroatoms. The fourth-order valence-electron chi connectivity index (χ4n) is 3.03. The molecule has 2 aliphatic rings. The van der Waals surface area contributed by atoms with E-state index in [1.165, 1.54) is 0 Å². The van der Waals surface area contributed by atoms with Crippen molar-refractivity contribution in [3.63, 3.8) is 0 Å². The molecule has 2 atom stereocenters. The van der Waals surface area contributed by atoms with Crippen LogP contribution in [0.15, 0.2) is 36.4 Å². The molecule has 0 fully saturated rings. The van der Waals surface area contributed by atoms with E-state index in [2.05, 4.69) is 17.5 Å². The van der Waals surface area contributed by atoms with Crippen LogP contribution in [0.2, 0.25) is 0 Å². The summed E-state index contributed by atoms with van der Waals surface area (Å²) in [5.74, 6) is 0.784. The van der Waals surface area contributed by atoms with Gasteiger partial charge in [0.05, 0.1) is 13.2 Å². The number of ether oxygens (including phenoxy) is 1. The third-order valence-electron chi connectivity index (χ3n) is 4.36. The largest absolute Gasteiger partial charge is 0.493 e. The van der Waals surface area contributed by atoms with Gasteiger partial charge in [0, 0.05) is 17.9 Å². The molecule has 2 N–H and O–H groups in total. The summed E-state index contributed by atoms with van der Waals surface area (Å²) in [6.45, 7) is 0.710. The van der Waals surface area contributed by atoms with Gasteiger partial charge in [0.25, 0.3) is 0 Å². The summed E-state index contributed by atoms with van der Waals surface area (Å²) in [5.41, 5.74) is -0.269. The highest BCUT2D eigenvalue weighted by atomic mass is 16.5. The van der Waals surface area contributed by atoms with E-state index in [1.807, 2.05) is 24.3 Å². The third kappa shape index (κ3) is 2.95. The maximum atomic E-state index is 12.2. The lowest BCUT2D eigenvalue weighted by Gasteiger charge is -2.34. The van der Waals surface area contributed by atoms with E-state index in [1.54, 1.807) is 0 Å². The molecule has 1 amide bonds. The minimum Gasteiger partial charge on any atom is -0.493 e. The molecule has 0 radical (unpaired) electrons. The van der Waals surface area contributed by atoms with Crippen molar-refractivity contribution < 1.29 is 14.6 Å². The highest BCUT2D eigenvalue weighted by Gasteiger charge is 2.36. The molecule has 3 rings (SSSR count). The van der Waals surface area contributed by atoms with E-state index >= 15 is 0 Å². The van der Waals surface area contributed by atoms with E-state index in [0.717, 1.165) is 24.8 Å². The van der Waals surface area contributed by atoms with Crippen LogP contribution in [0.5, 0.6) is 5.75 Å². The number of allylic oxidation sites excluding steroid dienone is 2. The van der Waals surface area contributed by atoms with Crippen LogP contribution in [0.4, 0.5) is 0 Å². The maximum absolute atomic E-state index is 12.2. The van der Waals surface area contributed by atoms with Crippen molar-refractivity contribution >= 4 is 5.91 Å². The molecule has 0 unspecified atom stereocenters. The highest BCUT2D eigenvalue weighted by molar-refractivity contribution is 5.79. The predicted octanol–water partition coefficient (Wildman–Crippen LogP) is 2.13. The van der Waals surface area contributed by atoms with E-state index < -0.39 is 5.60 Å². The number of para-hydroxylation sites is 1. The second kappa shape index (κ2) is 5.90. The Morgan fingerprint density at radius 3 is 3.05 bits per heavy atom. The predicted molar refractivity (Wildman–Crippen MR) is 79.9 cm³/mol. The summed E-state index contributed by atoms with van der Waals surface area (Å²) in [5, 5.41) is 13.8. The quantitative estimate of drug-likeness (QED) is 0.837. The molecule has 1 aliphatic carbocycles. The number of carbonyl (C=O) groups excluding carboxylic acids is 1. The molecule has 1 aromatic carbocycles. The molecule has 112 valence electrons. The number of benzene rings is 1. The number of fused-ring (bicyclic) bond motifs is 1. The van der Waals surface area contributed by atoms with E-state index in [0.29, 0.717) is 18.8 Å². The molecule has 1 heterocycles. The van der Waals surface area contributed by atoms with Gasteiger partial charge in [0.15, 0.2) is 0 Å². The lowest BCUT2D eigenvalue weighted by Crippen LogP contribution is -2.45. The Morgan fingerprint density at radius 1 is 1.38 bits per heavy atom. The number of hydrogen-bond donors (Lipinski definition) is 2. The van der Waals surface area contributed by atoms with E-state index in [4.69, 9.17) is 4.74 Å². The molecule has 1 aliphatic heterocycles. The fourth-order valence-corrected chi connectivity index (χ4v) is 3.03. The monoisotopic (exact) mass is 287 g/mol. The van der Waals surface area contributed by atoms with Crippen molar-refractivity contribution in [2.24, 2.45) is 5.92 Å². The summed E-state index contributed by atoms with van der Waals surface area (Å²) in [7, 11) is 0.